The summed E-state index contributed by atoms with van der Waals surface area (Å²) >= 11 is 0. The lowest BCUT2D eigenvalue weighted by Gasteiger charge is -2.17. The molecule has 0 aliphatic heterocycles. The SMILES string of the molecule is CCCOc1cccc(OC(C)COCC)c1N. The van der Waals surface area contributed by atoms with Crippen molar-refractivity contribution in [2.45, 2.75) is 33.3 Å². The maximum atomic E-state index is 6.01. The number of benzene rings is 1. The van der Waals surface area contributed by atoms with Gasteiger partial charge in [-0.25, -0.2) is 0 Å². The van der Waals surface area contributed by atoms with E-state index in [1.165, 1.54) is 0 Å². The molecule has 0 saturated heterocycles. The minimum atomic E-state index is -0.0336. The molecular weight excluding hydrogens is 230 g/mol. The summed E-state index contributed by atoms with van der Waals surface area (Å²) in [6.45, 7) is 7.86. The lowest BCUT2D eigenvalue weighted by molar-refractivity contribution is 0.0660. The Hall–Kier alpha value is -1.42. The maximum Gasteiger partial charge on any atom is 0.146 e. The monoisotopic (exact) mass is 253 g/mol. The van der Waals surface area contributed by atoms with Crippen LogP contribution in [0.25, 0.3) is 0 Å². The zero-order valence-electron chi connectivity index (χ0n) is 11.4. The Morgan fingerprint density at radius 2 is 1.94 bits per heavy atom. The smallest absolute Gasteiger partial charge is 0.146 e. The van der Waals surface area contributed by atoms with Crippen LogP contribution in [0.1, 0.15) is 27.2 Å². The van der Waals surface area contributed by atoms with Gasteiger partial charge in [0.1, 0.15) is 23.3 Å². The summed E-state index contributed by atoms with van der Waals surface area (Å²) < 4.78 is 16.6. The van der Waals surface area contributed by atoms with E-state index in [2.05, 4.69) is 6.92 Å². The van der Waals surface area contributed by atoms with Gasteiger partial charge in [-0.1, -0.05) is 13.0 Å². The summed E-state index contributed by atoms with van der Waals surface area (Å²) in [6, 6.07) is 5.58. The van der Waals surface area contributed by atoms with Crippen molar-refractivity contribution in [1.82, 2.24) is 0 Å². The van der Waals surface area contributed by atoms with E-state index in [9.17, 15) is 0 Å². The minimum absolute atomic E-state index is 0.0336. The molecule has 1 unspecified atom stereocenters. The van der Waals surface area contributed by atoms with Crippen LogP contribution in [0.4, 0.5) is 5.69 Å². The summed E-state index contributed by atoms with van der Waals surface area (Å²) in [5, 5.41) is 0. The summed E-state index contributed by atoms with van der Waals surface area (Å²) in [4.78, 5) is 0. The Kier molecular flexibility index (Phi) is 6.36. The molecule has 0 aliphatic carbocycles. The molecule has 0 radical (unpaired) electrons. The van der Waals surface area contributed by atoms with E-state index >= 15 is 0 Å². The van der Waals surface area contributed by atoms with E-state index in [0.717, 1.165) is 6.42 Å². The molecule has 4 nitrogen and oxygen atoms in total. The van der Waals surface area contributed by atoms with Crippen molar-refractivity contribution < 1.29 is 14.2 Å². The zero-order chi connectivity index (χ0) is 13.4. The second-order valence-electron chi connectivity index (χ2n) is 4.10. The van der Waals surface area contributed by atoms with E-state index in [-0.39, 0.29) is 6.10 Å². The van der Waals surface area contributed by atoms with Crippen LogP contribution in [0, 0.1) is 0 Å². The van der Waals surface area contributed by atoms with Crippen LogP contribution in [0.5, 0.6) is 11.5 Å². The third-order valence-corrected chi connectivity index (χ3v) is 2.37. The van der Waals surface area contributed by atoms with Crippen molar-refractivity contribution in [2.24, 2.45) is 0 Å². The fraction of sp³-hybridized carbons (Fsp3) is 0.571. The molecular formula is C14H23NO3. The van der Waals surface area contributed by atoms with Gasteiger partial charge in [0, 0.05) is 6.61 Å². The van der Waals surface area contributed by atoms with Gasteiger partial charge in [-0.2, -0.15) is 0 Å². The predicted molar refractivity (Wildman–Crippen MR) is 73.2 cm³/mol. The van der Waals surface area contributed by atoms with Gasteiger partial charge in [0.25, 0.3) is 0 Å². The highest BCUT2D eigenvalue weighted by Crippen LogP contribution is 2.32. The number of anilines is 1. The predicted octanol–water partition coefficient (Wildman–Crippen LogP) is 2.86. The molecule has 18 heavy (non-hydrogen) atoms. The second kappa shape index (κ2) is 7.82. The molecule has 1 aromatic rings. The van der Waals surface area contributed by atoms with Gasteiger partial charge in [0.2, 0.25) is 0 Å². The summed E-state index contributed by atoms with van der Waals surface area (Å²) in [5.41, 5.74) is 6.56. The lowest BCUT2D eigenvalue weighted by atomic mass is 10.2. The topological polar surface area (TPSA) is 53.7 Å². The number of ether oxygens (including phenoxy) is 3. The third-order valence-electron chi connectivity index (χ3n) is 2.37. The van der Waals surface area contributed by atoms with Gasteiger partial charge in [0.15, 0.2) is 0 Å². The van der Waals surface area contributed by atoms with Gasteiger partial charge in [-0.3, -0.25) is 0 Å². The summed E-state index contributed by atoms with van der Waals surface area (Å²) in [6.07, 6.45) is 0.916. The second-order valence-corrected chi connectivity index (χ2v) is 4.10. The Morgan fingerprint density at radius 3 is 2.61 bits per heavy atom. The average Bonchev–Trinajstić information content (AvgIpc) is 2.37. The Balaban J connectivity index is 2.64. The molecule has 0 spiro atoms. The molecule has 0 fully saturated rings. The molecule has 1 rings (SSSR count). The van der Waals surface area contributed by atoms with E-state index in [0.29, 0.717) is 37.0 Å². The highest BCUT2D eigenvalue weighted by atomic mass is 16.5. The highest BCUT2D eigenvalue weighted by molar-refractivity contribution is 5.62. The molecule has 102 valence electrons. The van der Waals surface area contributed by atoms with Gasteiger partial charge in [0.05, 0.1) is 13.2 Å². The first-order chi connectivity index (χ1) is 8.69. The molecule has 0 bridgehead atoms. The Morgan fingerprint density at radius 1 is 1.22 bits per heavy atom. The number of para-hydroxylation sites is 1. The van der Waals surface area contributed by atoms with Crippen molar-refractivity contribution in [3.63, 3.8) is 0 Å². The first-order valence-corrected chi connectivity index (χ1v) is 6.44. The van der Waals surface area contributed by atoms with E-state index in [4.69, 9.17) is 19.9 Å². The summed E-state index contributed by atoms with van der Waals surface area (Å²) in [5.74, 6) is 1.33. The third kappa shape index (κ3) is 4.45. The van der Waals surface area contributed by atoms with Crippen molar-refractivity contribution in [1.29, 1.82) is 0 Å². The standard InChI is InChI=1S/C14H23NO3/c1-4-9-17-12-7-6-8-13(14(12)15)18-11(3)10-16-5-2/h6-8,11H,4-5,9-10,15H2,1-3H3. The van der Waals surface area contributed by atoms with Gasteiger partial charge < -0.3 is 19.9 Å². The minimum Gasteiger partial charge on any atom is -0.491 e. The lowest BCUT2D eigenvalue weighted by Crippen LogP contribution is -2.19. The van der Waals surface area contributed by atoms with Crippen molar-refractivity contribution >= 4 is 5.69 Å². The molecule has 0 aliphatic rings. The van der Waals surface area contributed by atoms with Crippen LogP contribution in [0.15, 0.2) is 18.2 Å². The van der Waals surface area contributed by atoms with Crippen molar-refractivity contribution in [3.8, 4) is 11.5 Å². The Bertz CT molecular complexity index is 355. The first-order valence-electron chi connectivity index (χ1n) is 6.44. The van der Waals surface area contributed by atoms with Crippen LogP contribution in [0.3, 0.4) is 0 Å². The first kappa shape index (κ1) is 14.6. The van der Waals surface area contributed by atoms with Crippen LogP contribution in [-0.4, -0.2) is 25.9 Å². The number of hydrogen-bond acceptors (Lipinski definition) is 4. The van der Waals surface area contributed by atoms with E-state index in [1.807, 2.05) is 32.0 Å². The number of nitrogens with two attached hydrogens (primary N) is 1. The molecule has 2 N–H and O–H groups in total. The summed E-state index contributed by atoms with van der Waals surface area (Å²) in [7, 11) is 0. The largest absolute Gasteiger partial charge is 0.491 e. The quantitative estimate of drug-likeness (QED) is 0.724. The molecule has 4 heteroatoms. The molecule has 0 aromatic heterocycles. The van der Waals surface area contributed by atoms with E-state index in [1.54, 1.807) is 0 Å². The molecule has 0 amide bonds. The normalized spacial score (nSPS) is 12.2. The van der Waals surface area contributed by atoms with Crippen LogP contribution < -0.4 is 15.2 Å². The molecule has 0 saturated carbocycles. The molecule has 1 aromatic carbocycles. The van der Waals surface area contributed by atoms with Crippen LogP contribution >= 0.6 is 0 Å². The van der Waals surface area contributed by atoms with Gasteiger partial charge in [-0.05, 0) is 32.4 Å². The fourth-order valence-corrected chi connectivity index (χ4v) is 1.50. The number of nitrogen functional groups attached to an aromatic ring is 1. The maximum absolute atomic E-state index is 6.01. The number of hydrogen-bond donors (Lipinski definition) is 1. The fourth-order valence-electron chi connectivity index (χ4n) is 1.50. The average molecular weight is 253 g/mol. The Labute approximate surface area is 109 Å². The van der Waals surface area contributed by atoms with Crippen LogP contribution in [-0.2, 0) is 4.74 Å². The zero-order valence-corrected chi connectivity index (χ0v) is 11.4. The highest BCUT2D eigenvalue weighted by Gasteiger charge is 2.10. The van der Waals surface area contributed by atoms with E-state index < -0.39 is 0 Å². The molecule has 1 atom stereocenters. The van der Waals surface area contributed by atoms with Crippen LogP contribution in [0.2, 0.25) is 0 Å². The van der Waals surface area contributed by atoms with Gasteiger partial charge in [-0.15, -0.1) is 0 Å². The molecule has 0 heterocycles. The number of rotatable bonds is 8. The van der Waals surface area contributed by atoms with Crippen molar-refractivity contribution in [3.05, 3.63) is 18.2 Å². The van der Waals surface area contributed by atoms with Crippen molar-refractivity contribution in [2.75, 3.05) is 25.6 Å². The van der Waals surface area contributed by atoms with Gasteiger partial charge >= 0.3 is 0 Å².